The minimum Gasteiger partial charge on any atom is -0.381 e. The quantitative estimate of drug-likeness (QED) is 0.688. The molecule has 82 valence electrons. The van der Waals surface area contributed by atoms with Gasteiger partial charge in [-0.1, -0.05) is 13.3 Å². The van der Waals surface area contributed by atoms with Crippen LogP contribution in [0.5, 0.6) is 0 Å². The molecule has 2 fully saturated rings. The van der Waals surface area contributed by atoms with Gasteiger partial charge < -0.3 is 4.74 Å². The molecule has 2 aliphatic rings. The SMILES string of the molecule is CC[C@H]1CCCN(C2CC(OC)C2)C1. The summed E-state index contributed by atoms with van der Waals surface area (Å²) < 4.78 is 5.33. The van der Waals surface area contributed by atoms with Crippen molar-refractivity contribution in [2.75, 3.05) is 20.2 Å². The van der Waals surface area contributed by atoms with Crippen molar-refractivity contribution in [3.8, 4) is 0 Å². The van der Waals surface area contributed by atoms with Gasteiger partial charge in [0, 0.05) is 19.7 Å². The van der Waals surface area contributed by atoms with Gasteiger partial charge in [-0.05, 0) is 38.1 Å². The van der Waals surface area contributed by atoms with Gasteiger partial charge in [0.2, 0.25) is 0 Å². The molecule has 0 unspecified atom stereocenters. The fourth-order valence-corrected chi connectivity index (χ4v) is 2.79. The lowest BCUT2D eigenvalue weighted by Gasteiger charge is -2.45. The summed E-state index contributed by atoms with van der Waals surface area (Å²) in [5, 5.41) is 0. The molecule has 0 aromatic rings. The van der Waals surface area contributed by atoms with Crippen molar-refractivity contribution in [1.29, 1.82) is 0 Å². The molecule has 14 heavy (non-hydrogen) atoms. The number of hydrogen-bond acceptors (Lipinski definition) is 2. The number of piperidine rings is 1. The van der Waals surface area contributed by atoms with Crippen LogP contribution in [0, 0.1) is 5.92 Å². The second kappa shape index (κ2) is 4.63. The third kappa shape index (κ3) is 2.12. The van der Waals surface area contributed by atoms with E-state index in [9.17, 15) is 0 Å². The Labute approximate surface area is 87.6 Å². The summed E-state index contributed by atoms with van der Waals surface area (Å²) in [6.07, 6.45) is 7.32. The van der Waals surface area contributed by atoms with Crippen LogP contribution >= 0.6 is 0 Å². The van der Waals surface area contributed by atoms with E-state index in [1.165, 1.54) is 45.2 Å². The van der Waals surface area contributed by atoms with E-state index >= 15 is 0 Å². The molecule has 0 aromatic heterocycles. The maximum absolute atomic E-state index is 5.33. The summed E-state index contributed by atoms with van der Waals surface area (Å²) in [7, 11) is 1.84. The molecule has 2 heteroatoms. The highest BCUT2D eigenvalue weighted by molar-refractivity contribution is 4.90. The van der Waals surface area contributed by atoms with Gasteiger partial charge in [-0.15, -0.1) is 0 Å². The minimum absolute atomic E-state index is 0.557. The van der Waals surface area contributed by atoms with Gasteiger partial charge in [-0.3, -0.25) is 4.90 Å². The molecule has 0 amide bonds. The predicted molar refractivity (Wildman–Crippen MR) is 58.4 cm³/mol. The first kappa shape index (κ1) is 10.4. The topological polar surface area (TPSA) is 12.5 Å². The van der Waals surface area contributed by atoms with Crippen molar-refractivity contribution in [1.82, 2.24) is 4.90 Å². The number of likely N-dealkylation sites (tertiary alicyclic amines) is 1. The molecule has 2 nitrogen and oxygen atoms in total. The highest BCUT2D eigenvalue weighted by atomic mass is 16.5. The number of hydrogen-bond donors (Lipinski definition) is 0. The van der Waals surface area contributed by atoms with Crippen molar-refractivity contribution in [2.24, 2.45) is 5.92 Å². The van der Waals surface area contributed by atoms with Crippen LogP contribution in [-0.4, -0.2) is 37.2 Å². The first-order valence-corrected chi connectivity index (χ1v) is 6.10. The maximum Gasteiger partial charge on any atom is 0.0601 e. The van der Waals surface area contributed by atoms with Crippen molar-refractivity contribution in [3.63, 3.8) is 0 Å². The average Bonchev–Trinajstić information content (AvgIpc) is 2.17. The Hall–Kier alpha value is -0.0800. The predicted octanol–water partition coefficient (Wildman–Crippen LogP) is 2.29. The number of methoxy groups -OCH3 is 1. The van der Waals surface area contributed by atoms with E-state index in [0.717, 1.165) is 12.0 Å². The van der Waals surface area contributed by atoms with Crippen molar-refractivity contribution in [2.45, 2.75) is 51.2 Å². The Balaban J connectivity index is 1.75. The molecule has 0 radical (unpaired) electrons. The normalized spacial score (nSPS) is 39.4. The standard InChI is InChI=1S/C12H23NO/c1-3-10-5-4-6-13(9-10)11-7-12(8-11)14-2/h10-12H,3-9H2,1-2H3/t10-,11?,12?/m0/s1. The highest BCUT2D eigenvalue weighted by Gasteiger charge is 2.35. The van der Waals surface area contributed by atoms with Crippen molar-refractivity contribution in [3.05, 3.63) is 0 Å². The van der Waals surface area contributed by atoms with Crippen molar-refractivity contribution >= 4 is 0 Å². The molecule has 1 aliphatic heterocycles. The number of nitrogens with zero attached hydrogens (tertiary/aromatic N) is 1. The summed E-state index contributed by atoms with van der Waals surface area (Å²) in [5.74, 6) is 0.963. The summed E-state index contributed by atoms with van der Waals surface area (Å²) in [6, 6.07) is 0.842. The molecular weight excluding hydrogens is 174 g/mol. The maximum atomic E-state index is 5.33. The van der Waals surface area contributed by atoms with Gasteiger partial charge in [0.05, 0.1) is 6.10 Å². The Bertz CT molecular complexity index is 177. The van der Waals surface area contributed by atoms with E-state index < -0.39 is 0 Å². The Morgan fingerprint density at radius 2 is 2.14 bits per heavy atom. The largest absolute Gasteiger partial charge is 0.381 e. The molecule has 2 rings (SSSR count). The van der Waals surface area contributed by atoms with E-state index in [4.69, 9.17) is 4.74 Å². The fraction of sp³-hybridized carbons (Fsp3) is 1.00. The zero-order chi connectivity index (χ0) is 9.97. The summed E-state index contributed by atoms with van der Waals surface area (Å²) in [6.45, 7) is 5.00. The van der Waals surface area contributed by atoms with Crippen LogP contribution < -0.4 is 0 Å². The molecule has 0 N–H and O–H groups in total. The monoisotopic (exact) mass is 197 g/mol. The van der Waals surface area contributed by atoms with Gasteiger partial charge in [-0.2, -0.15) is 0 Å². The van der Waals surface area contributed by atoms with Crippen LogP contribution in [0.1, 0.15) is 39.0 Å². The van der Waals surface area contributed by atoms with E-state index in [0.29, 0.717) is 6.10 Å². The van der Waals surface area contributed by atoms with E-state index in [1.54, 1.807) is 0 Å². The zero-order valence-corrected chi connectivity index (χ0v) is 9.54. The Kier molecular flexibility index (Phi) is 3.45. The molecule has 0 bridgehead atoms. The lowest BCUT2D eigenvalue weighted by Crippen LogP contribution is -2.51. The van der Waals surface area contributed by atoms with Gasteiger partial charge in [0.15, 0.2) is 0 Å². The first-order valence-electron chi connectivity index (χ1n) is 6.10. The van der Waals surface area contributed by atoms with E-state index in [1.807, 2.05) is 7.11 Å². The van der Waals surface area contributed by atoms with Crippen LogP contribution in [0.25, 0.3) is 0 Å². The molecular formula is C12H23NO. The summed E-state index contributed by atoms with van der Waals surface area (Å²) in [5.41, 5.74) is 0. The van der Waals surface area contributed by atoms with Gasteiger partial charge in [-0.25, -0.2) is 0 Å². The molecule has 1 atom stereocenters. The molecule has 1 heterocycles. The van der Waals surface area contributed by atoms with Crippen LogP contribution in [0.3, 0.4) is 0 Å². The molecule has 0 aromatic carbocycles. The molecule has 1 aliphatic carbocycles. The van der Waals surface area contributed by atoms with Crippen LogP contribution in [0.4, 0.5) is 0 Å². The Morgan fingerprint density at radius 1 is 1.36 bits per heavy atom. The van der Waals surface area contributed by atoms with Crippen LogP contribution in [0.15, 0.2) is 0 Å². The second-order valence-electron chi connectivity index (χ2n) is 4.89. The molecule has 1 saturated heterocycles. The summed E-state index contributed by atoms with van der Waals surface area (Å²) in [4.78, 5) is 2.70. The highest BCUT2D eigenvalue weighted by Crippen LogP contribution is 2.31. The van der Waals surface area contributed by atoms with Crippen LogP contribution in [-0.2, 0) is 4.74 Å². The lowest BCUT2D eigenvalue weighted by atomic mass is 9.85. The third-order valence-electron chi connectivity index (χ3n) is 4.05. The van der Waals surface area contributed by atoms with Crippen LogP contribution in [0.2, 0.25) is 0 Å². The van der Waals surface area contributed by atoms with Gasteiger partial charge >= 0.3 is 0 Å². The smallest absolute Gasteiger partial charge is 0.0601 e. The summed E-state index contributed by atoms with van der Waals surface area (Å²) >= 11 is 0. The Morgan fingerprint density at radius 3 is 2.79 bits per heavy atom. The number of rotatable bonds is 3. The fourth-order valence-electron chi connectivity index (χ4n) is 2.79. The zero-order valence-electron chi connectivity index (χ0n) is 9.54. The van der Waals surface area contributed by atoms with Gasteiger partial charge in [0.25, 0.3) is 0 Å². The van der Waals surface area contributed by atoms with Gasteiger partial charge in [0.1, 0.15) is 0 Å². The van der Waals surface area contributed by atoms with Crippen molar-refractivity contribution < 1.29 is 4.74 Å². The first-order chi connectivity index (χ1) is 6.83. The third-order valence-corrected chi connectivity index (χ3v) is 4.05. The molecule has 1 saturated carbocycles. The number of ether oxygens (including phenoxy) is 1. The van der Waals surface area contributed by atoms with E-state index in [-0.39, 0.29) is 0 Å². The minimum atomic E-state index is 0.557. The van der Waals surface area contributed by atoms with E-state index in [2.05, 4.69) is 11.8 Å². The second-order valence-corrected chi connectivity index (χ2v) is 4.89. The molecule has 0 spiro atoms. The lowest BCUT2D eigenvalue weighted by molar-refractivity contribution is -0.0389. The average molecular weight is 197 g/mol.